The fourth-order valence-electron chi connectivity index (χ4n) is 5.88. The third-order valence-corrected chi connectivity index (χ3v) is 7.56. The van der Waals surface area contributed by atoms with Crippen molar-refractivity contribution in [2.45, 2.75) is 45.7 Å². The monoisotopic (exact) mass is 482 g/mol. The number of likely N-dealkylation sites (tertiary alicyclic amines) is 1. The standard InChI is InChI=1S/C27H30N2O4.ClH/c1-17-7-6-10-21(25(17)29-24(30)13-18(2)26(29)31)27(32)33-16-22-20-11-12-23(22)28(15-20)14-19-8-4-3-5-9-19;/h3-10,18,20,22-23H,11-16H2,1-2H3;1H. The van der Waals surface area contributed by atoms with Crippen molar-refractivity contribution < 1.29 is 19.1 Å². The predicted octanol–water partition coefficient (Wildman–Crippen LogP) is 4.38. The predicted molar refractivity (Wildman–Crippen MR) is 132 cm³/mol. The van der Waals surface area contributed by atoms with E-state index in [0.29, 0.717) is 30.2 Å². The van der Waals surface area contributed by atoms with Crippen molar-refractivity contribution in [2.24, 2.45) is 17.8 Å². The van der Waals surface area contributed by atoms with Gasteiger partial charge in [0.15, 0.2) is 0 Å². The molecular weight excluding hydrogens is 452 g/mol. The zero-order valence-corrected chi connectivity index (χ0v) is 20.4. The van der Waals surface area contributed by atoms with Crippen LogP contribution in [0.15, 0.2) is 48.5 Å². The number of anilines is 1. The van der Waals surface area contributed by atoms with E-state index in [1.165, 1.54) is 16.9 Å². The van der Waals surface area contributed by atoms with E-state index in [1.54, 1.807) is 19.1 Å². The first-order valence-corrected chi connectivity index (χ1v) is 11.9. The zero-order valence-electron chi connectivity index (χ0n) is 19.6. The molecular formula is C27H31ClN2O4. The highest BCUT2D eigenvalue weighted by molar-refractivity contribution is 6.23. The number of ether oxygens (including phenoxy) is 1. The first-order valence-electron chi connectivity index (χ1n) is 11.9. The summed E-state index contributed by atoms with van der Waals surface area (Å²) in [5, 5.41) is 0. The van der Waals surface area contributed by atoms with Crippen molar-refractivity contribution >= 4 is 35.9 Å². The van der Waals surface area contributed by atoms with E-state index in [0.717, 1.165) is 25.1 Å². The molecule has 2 bridgehead atoms. The van der Waals surface area contributed by atoms with Crippen LogP contribution < -0.4 is 4.90 Å². The number of nitrogens with zero attached hydrogens (tertiary/aromatic N) is 2. The summed E-state index contributed by atoms with van der Waals surface area (Å²) >= 11 is 0. The van der Waals surface area contributed by atoms with Crippen LogP contribution in [0.25, 0.3) is 0 Å². The molecule has 2 aromatic carbocycles. The number of carbonyl (C=O) groups excluding carboxylic acids is 3. The summed E-state index contributed by atoms with van der Waals surface area (Å²) in [5.41, 5.74) is 2.69. The normalized spacial score (nSPS) is 26.1. The lowest BCUT2D eigenvalue weighted by molar-refractivity contribution is -0.122. The van der Waals surface area contributed by atoms with Crippen molar-refractivity contribution in [2.75, 3.05) is 18.1 Å². The number of carbonyl (C=O) groups is 3. The number of halogens is 1. The lowest BCUT2D eigenvalue weighted by Gasteiger charge is -2.27. The van der Waals surface area contributed by atoms with E-state index in [2.05, 4.69) is 29.2 Å². The number of piperidine rings is 1. The van der Waals surface area contributed by atoms with E-state index < -0.39 is 5.97 Å². The van der Waals surface area contributed by atoms with Gasteiger partial charge in [-0.1, -0.05) is 49.4 Å². The topological polar surface area (TPSA) is 66.9 Å². The Morgan fingerprint density at radius 1 is 1.06 bits per heavy atom. The molecule has 7 heteroatoms. The highest BCUT2D eigenvalue weighted by Crippen LogP contribution is 2.43. The van der Waals surface area contributed by atoms with Gasteiger partial charge < -0.3 is 4.74 Å². The van der Waals surface area contributed by atoms with Crippen molar-refractivity contribution in [3.8, 4) is 0 Å². The van der Waals surface area contributed by atoms with Gasteiger partial charge in [0.2, 0.25) is 11.8 Å². The van der Waals surface area contributed by atoms with Gasteiger partial charge in [0, 0.05) is 37.4 Å². The van der Waals surface area contributed by atoms with Gasteiger partial charge in [-0.15, -0.1) is 12.4 Å². The van der Waals surface area contributed by atoms with Crippen LogP contribution in [-0.2, 0) is 20.9 Å². The van der Waals surface area contributed by atoms with E-state index in [4.69, 9.17) is 4.74 Å². The summed E-state index contributed by atoms with van der Waals surface area (Å²) in [7, 11) is 0. The minimum absolute atomic E-state index is 0. The maximum atomic E-state index is 13.1. The van der Waals surface area contributed by atoms with Crippen molar-refractivity contribution in [3.63, 3.8) is 0 Å². The Morgan fingerprint density at radius 2 is 1.82 bits per heavy atom. The largest absolute Gasteiger partial charge is 0.462 e. The Hall–Kier alpha value is -2.70. The third kappa shape index (κ3) is 4.37. The lowest BCUT2D eigenvalue weighted by atomic mass is 9.99. The Morgan fingerprint density at radius 3 is 2.53 bits per heavy atom. The second-order valence-electron chi connectivity index (χ2n) is 9.73. The van der Waals surface area contributed by atoms with Crippen molar-refractivity contribution in [1.29, 1.82) is 0 Å². The van der Waals surface area contributed by atoms with Gasteiger partial charge in [-0.3, -0.25) is 14.5 Å². The summed E-state index contributed by atoms with van der Waals surface area (Å²) in [6.07, 6.45) is 2.47. The smallest absolute Gasteiger partial charge is 0.340 e. The molecule has 34 heavy (non-hydrogen) atoms. The van der Waals surface area contributed by atoms with E-state index in [-0.39, 0.29) is 42.1 Å². The van der Waals surface area contributed by atoms with Gasteiger partial charge in [0.25, 0.3) is 0 Å². The number of para-hydroxylation sites is 1. The summed E-state index contributed by atoms with van der Waals surface area (Å²) in [4.78, 5) is 42.0. The van der Waals surface area contributed by atoms with Crippen LogP contribution in [0.1, 0.15) is 47.7 Å². The maximum Gasteiger partial charge on any atom is 0.340 e. The van der Waals surface area contributed by atoms with E-state index in [1.807, 2.05) is 19.1 Å². The van der Waals surface area contributed by atoms with Crippen LogP contribution in [0.2, 0.25) is 0 Å². The summed E-state index contributed by atoms with van der Waals surface area (Å²) < 4.78 is 5.83. The van der Waals surface area contributed by atoms with Crippen molar-refractivity contribution in [3.05, 3.63) is 65.2 Å². The molecule has 0 aromatic heterocycles. The average molecular weight is 483 g/mol. The molecule has 2 aromatic rings. The lowest BCUT2D eigenvalue weighted by Crippen LogP contribution is -2.34. The van der Waals surface area contributed by atoms with Gasteiger partial charge >= 0.3 is 5.97 Å². The zero-order chi connectivity index (χ0) is 23.1. The van der Waals surface area contributed by atoms with Gasteiger partial charge in [-0.2, -0.15) is 0 Å². The number of fused-ring (bicyclic) bond motifs is 2. The molecule has 0 spiro atoms. The number of amides is 2. The summed E-state index contributed by atoms with van der Waals surface area (Å²) in [6.45, 7) is 5.88. The van der Waals surface area contributed by atoms with Crippen LogP contribution in [0.5, 0.6) is 0 Å². The van der Waals surface area contributed by atoms with Crippen LogP contribution in [-0.4, -0.2) is 41.9 Å². The third-order valence-electron chi connectivity index (χ3n) is 7.56. The molecule has 3 aliphatic rings. The quantitative estimate of drug-likeness (QED) is 0.451. The van der Waals surface area contributed by atoms with Crippen LogP contribution in [0.3, 0.4) is 0 Å². The van der Waals surface area contributed by atoms with Crippen LogP contribution >= 0.6 is 12.4 Å². The molecule has 2 aliphatic heterocycles. The first-order chi connectivity index (χ1) is 15.9. The molecule has 0 radical (unpaired) electrons. The average Bonchev–Trinajstić information content (AvgIpc) is 3.43. The number of hydrogen-bond donors (Lipinski definition) is 0. The van der Waals surface area contributed by atoms with E-state index in [9.17, 15) is 14.4 Å². The Bertz CT molecular complexity index is 1090. The minimum atomic E-state index is -0.463. The second-order valence-corrected chi connectivity index (χ2v) is 9.73. The van der Waals surface area contributed by atoms with Crippen LogP contribution in [0.4, 0.5) is 5.69 Å². The number of benzene rings is 2. The minimum Gasteiger partial charge on any atom is -0.462 e. The van der Waals surface area contributed by atoms with Gasteiger partial charge in [-0.05, 0) is 42.9 Å². The van der Waals surface area contributed by atoms with Gasteiger partial charge in [-0.25, -0.2) is 9.69 Å². The van der Waals surface area contributed by atoms with Crippen molar-refractivity contribution in [1.82, 2.24) is 4.90 Å². The molecule has 1 aliphatic carbocycles. The molecule has 2 amide bonds. The molecule has 0 N–H and O–H groups in total. The number of aryl methyl sites for hydroxylation is 1. The molecule has 2 heterocycles. The fraction of sp³-hybridized carbons (Fsp3) is 0.444. The van der Waals surface area contributed by atoms with E-state index >= 15 is 0 Å². The van der Waals surface area contributed by atoms with Gasteiger partial charge in [0.05, 0.1) is 17.9 Å². The Kier molecular flexibility index (Phi) is 7.10. The first kappa shape index (κ1) is 24.4. The Labute approximate surface area is 206 Å². The molecule has 6 nitrogen and oxygen atoms in total. The molecule has 1 saturated carbocycles. The summed E-state index contributed by atoms with van der Waals surface area (Å²) in [6, 6.07) is 16.1. The number of esters is 1. The number of imide groups is 1. The molecule has 5 rings (SSSR count). The fourth-order valence-corrected chi connectivity index (χ4v) is 5.88. The van der Waals surface area contributed by atoms with Gasteiger partial charge in [0.1, 0.15) is 0 Å². The Balaban J connectivity index is 0.00000274. The molecule has 3 fully saturated rings. The van der Waals surface area contributed by atoms with Crippen LogP contribution in [0, 0.1) is 24.7 Å². The molecule has 2 saturated heterocycles. The highest BCUT2D eigenvalue weighted by atomic mass is 35.5. The maximum absolute atomic E-state index is 13.1. The second kappa shape index (κ2) is 9.88. The molecule has 4 atom stereocenters. The number of rotatable bonds is 6. The molecule has 180 valence electrons. The number of hydrogen-bond acceptors (Lipinski definition) is 5. The SMILES string of the molecule is Cc1cccc(C(=O)OCC2C3CCC2N(Cc2ccccc2)C3)c1N1C(=O)CC(C)C1=O.Cl. The highest BCUT2D eigenvalue weighted by Gasteiger charge is 2.47. The summed E-state index contributed by atoms with van der Waals surface area (Å²) in [5.74, 6) is -0.498. The molecule has 4 unspecified atom stereocenters.